The predicted octanol–water partition coefficient (Wildman–Crippen LogP) is 3.12. The molecular weight excluding hydrogens is 210 g/mol. The Kier molecular flexibility index (Phi) is 3.36. The highest BCUT2D eigenvalue weighted by Gasteiger charge is 2.78. The lowest BCUT2D eigenvalue weighted by Gasteiger charge is -2.14. The smallest absolute Gasteiger partial charge is 0.0705 e. The highest BCUT2D eigenvalue weighted by molar-refractivity contribution is 5.47. The van der Waals surface area contributed by atoms with Crippen LogP contribution in [0.2, 0.25) is 0 Å². The molecule has 1 fully saturated rings. The molecule has 2 rings (SSSR count). The third-order valence-corrected chi connectivity index (χ3v) is 5.01. The van der Waals surface area contributed by atoms with Crippen molar-refractivity contribution in [2.45, 2.75) is 33.1 Å². The van der Waals surface area contributed by atoms with Gasteiger partial charge in [0.1, 0.15) is 0 Å². The SMILES string of the molecule is CC1(C)C(C)(C#N)C1(C)c1ccccc1.CO. The molecule has 0 amide bonds. The maximum absolute atomic E-state index is 9.35. The summed E-state index contributed by atoms with van der Waals surface area (Å²) in [7, 11) is 1.00. The van der Waals surface area contributed by atoms with Gasteiger partial charge < -0.3 is 5.11 Å². The van der Waals surface area contributed by atoms with E-state index in [2.05, 4.69) is 45.9 Å². The van der Waals surface area contributed by atoms with Crippen molar-refractivity contribution >= 4 is 0 Å². The lowest BCUT2D eigenvalue weighted by atomic mass is 9.88. The van der Waals surface area contributed by atoms with E-state index in [1.165, 1.54) is 5.56 Å². The van der Waals surface area contributed by atoms with Crippen molar-refractivity contribution < 1.29 is 5.11 Å². The number of aliphatic hydroxyl groups is 1. The number of benzene rings is 1. The summed E-state index contributed by atoms with van der Waals surface area (Å²) in [5.41, 5.74) is 1.06. The molecule has 1 saturated carbocycles. The van der Waals surface area contributed by atoms with Gasteiger partial charge in [0.05, 0.1) is 11.5 Å². The fraction of sp³-hybridized carbons (Fsp3) is 0.533. The topological polar surface area (TPSA) is 44.0 Å². The van der Waals surface area contributed by atoms with Crippen LogP contribution in [0.1, 0.15) is 33.3 Å². The van der Waals surface area contributed by atoms with Crippen LogP contribution in [-0.2, 0) is 5.41 Å². The van der Waals surface area contributed by atoms with Crippen molar-refractivity contribution in [2.24, 2.45) is 10.8 Å². The van der Waals surface area contributed by atoms with E-state index in [1.54, 1.807) is 0 Å². The van der Waals surface area contributed by atoms with E-state index >= 15 is 0 Å². The molecule has 1 N–H and O–H groups in total. The summed E-state index contributed by atoms with van der Waals surface area (Å²) in [4.78, 5) is 0. The van der Waals surface area contributed by atoms with E-state index < -0.39 is 0 Å². The summed E-state index contributed by atoms with van der Waals surface area (Å²) in [5, 5.41) is 16.3. The van der Waals surface area contributed by atoms with Gasteiger partial charge in [-0.15, -0.1) is 0 Å². The summed E-state index contributed by atoms with van der Waals surface area (Å²) >= 11 is 0. The average molecular weight is 231 g/mol. The van der Waals surface area contributed by atoms with E-state index in [9.17, 15) is 5.26 Å². The highest BCUT2D eigenvalue weighted by atomic mass is 16.2. The van der Waals surface area contributed by atoms with Gasteiger partial charge in [-0.2, -0.15) is 5.26 Å². The normalized spacial score (nSPS) is 33.0. The first-order valence-electron chi connectivity index (χ1n) is 5.83. The molecule has 2 atom stereocenters. The van der Waals surface area contributed by atoms with Gasteiger partial charge >= 0.3 is 0 Å². The quantitative estimate of drug-likeness (QED) is 0.807. The second-order valence-electron chi connectivity index (χ2n) is 5.35. The third kappa shape index (κ3) is 1.42. The standard InChI is InChI=1S/C14H17N.CH4O/c1-12(2)13(3,10-15)14(12,4)11-8-6-5-7-9-11;1-2/h5-9H,1-4H3;2H,1H3. The summed E-state index contributed by atoms with van der Waals surface area (Å²) < 4.78 is 0. The zero-order valence-corrected chi connectivity index (χ0v) is 11.3. The summed E-state index contributed by atoms with van der Waals surface area (Å²) in [6.07, 6.45) is 0. The Bertz CT molecular complexity index is 432. The van der Waals surface area contributed by atoms with Crippen molar-refractivity contribution in [3.05, 3.63) is 35.9 Å². The zero-order valence-electron chi connectivity index (χ0n) is 11.3. The molecule has 0 heterocycles. The fourth-order valence-corrected chi connectivity index (χ4v) is 3.02. The van der Waals surface area contributed by atoms with Gasteiger partial charge in [-0.3, -0.25) is 0 Å². The molecule has 0 bridgehead atoms. The molecule has 2 heteroatoms. The van der Waals surface area contributed by atoms with Gasteiger partial charge in [-0.1, -0.05) is 51.1 Å². The van der Waals surface area contributed by atoms with Gasteiger partial charge in [0.2, 0.25) is 0 Å². The van der Waals surface area contributed by atoms with Crippen molar-refractivity contribution in [3.8, 4) is 6.07 Å². The zero-order chi connectivity index (χ0) is 13.3. The number of nitrogens with zero attached hydrogens (tertiary/aromatic N) is 1. The summed E-state index contributed by atoms with van der Waals surface area (Å²) in [6, 6.07) is 12.9. The minimum Gasteiger partial charge on any atom is -0.400 e. The number of hydrogen-bond acceptors (Lipinski definition) is 2. The molecule has 0 aliphatic heterocycles. The van der Waals surface area contributed by atoms with Crippen molar-refractivity contribution in [1.82, 2.24) is 0 Å². The van der Waals surface area contributed by atoms with Crippen LogP contribution in [0.5, 0.6) is 0 Å². The van der Waals surface area contributed by atoms with E-state index in [0.717, 1.165) is 7.11 Å². The Morgan fingerprint density at radius 3 is 1.82 bits per heavy atom. The largest absolute Gasteiger partial charge is 0.400 e. The average Bonchev–Trinajstić information content (AvgIpc) is 2.74. The molecular formula is C15H21NO. The fourth-order valence-electron chi connectivity index (χ4n) is 3.02. The van der Waals surface area contributed by atoms with Gasteiger partial charge in [-0.05, 0) is 17.9 Å². The van der Waals surface area contributed by atoms with Crippen LogP contribution in [0.15, 0.2) is 30.3 Å². The van der Waals surface area contributed by atoms with Crippen molar-refractivity contribution in [2.75, 3.05) is 7.11 Å². The maximum Gasteiger partial charge on any atom is 0.0705 e. The van der Waals surface area contributed by atoms with E-state index in [0.29, 0.717) is 0 Å². The Morgan fingerprint density at radius 2 is 1.47 bits per heavy atom. The minimum atomic E-state index is -0.249. The Balaban J connectivity index is 0.000000686. The molecule has 1 aliphatic carbocycles. The molecule has 1 aromatic rings. The van der Waals surface area contributed by atoms with Gasteiger partial charge in [0, 0.05) is 12.5 Å². The number of rotatable bonds is 1. The predicted molar refractivity (Wildman–Crippen MR) is 69.4 cm³/mol. The Labute approximate surface area is 104 Å². The molecule has 1 aromatic carbocycles. The van der Waals surface area contributed by atoms with Crippen LogP contribution in [-0.4, -0.2) is 12.2 Å². The van der Waals surface area contributed by atoms with E-state index in [-0.39, 0.29) is 16.2 Å². The maximum atomic E-state index is 9.35. The lowest BCUT2D eigenvalue weighted by molar-refractivity contribution is 0.399. The van der Waals surface area contributed by atoms with Crippen LogP contribution >= 0.6 is 0 Å². The van der Waals surface area contributed by atoms with Crippen LogP contribution in [0, 0.1) is 22.2 Å². The first-order valence-corrected chi connectivity index (χ1v) is 5.83. The third-order valence-electron chi connectivity index (χ3n) is 5.01. The van der Waals surface area contributed by atoms with Crippen LogP contribution in [0.4, 0.5) is 0 Å². The number of nitriles is 1. The Hall–Kier alpha value is -1.33. The number of hydrogen-bond donors (Lipinski definition) is 1. The lowest BCUT2D eigenvalue weighted by Crippen LogP contribution is -2.11. The summed E-state index contributed by atoms with van der Waals surface area (Å²) in [5.74, 6) is 0. The first kappa shape index (κ1) is 13.7. The highest BCUT2D eigenvalue weighted by Crippen LogP contribution is 2.77. The monoisotopic (exact) mass is 231 g/mol. The molecule has 0 radical (unpaired) electrons. The van der Waals surface area contributed by atoms with Gasteiger partial charge in [0.25, 0.3) is 0 Å². The molecule has 92 valence electrons. The van der Waals surface area contributed by atoms with Crippen molar-refractivity contribution in [3.63, 3.8) is 0 Å². The second-order valence-corrected chi connectivity index (χ2v) is 5.35. The Morgan fingerprint density at radius 1 is 1.00 bits per heavy atom. The molecule has 0 saturated heterocycles. The second kappa shape index (κ2) is 4.16. The van der Waals surface area contributed by atoms with Crippen LogP contribution in [0.3, 0.4) is 0 Å². The van der Waals surface area contributed by atoms with Crippen molar-refractivity contribution in [1.29, 1.82) is 5.26 Å². The van der Waals surface area contributed by atoms with Crippen LogP contribution < -0.4 is 0 Å². The van der Waals surface area contributed by atoms with Gasteiger partial charge in [-0.25, -0.2) is 0 Å². The molecule has 0 spiro atoms. The molecule has 17 heavy (non-hydrogen) atoms. The van der Waals surface area contributed by atoms with E-state index in [1.807, 2.05) is 18.2 Å². The van der Waals surface area contributed by atoms with Crippen LogP contribution in [0.25, 0.3) is 0 Å². The van der Waals surface area contributed by atoms with Gasteiger partial charge in [0.15, 0.2) is 0 Å². The molecule has 2 unspecified atom stereocenters. The summed E-state index contributed by atoms with van der Waals surface area (Å²) in [6.45, 7) is 8.64. The number of aliphatic hydroxyl groups excluding tert-OH is 1. The molecule has 1 aliphatic rings. The minimum absolute atomic E-state index is 0.0178. The first-order chi connectivity index (χ1) is 7.92. The molecule has 0 aromatic heterocycles. The molecule has 2 nitrogen and oxygen atoms in total. The van der Waals surface area contributed by atoms with E-state index in [4.69, 9.17) is 5.11 Å².